The van der Waals surface area contributed by atoms with Crippen LogP contribution in [0, 0.1) is 13.8 Å². The van der Waals surface area contributed by atoms with Gasteiger partial charge in [-0.1, -0.05) is 30.3 Å². The van der Waals surface area contributed by atoms with Crippen molar-refractivity contribution in [3.63, 3.8) is 0 Å². The molecule has 2 heterocycles. The third-order valence-electron chi connectivity index (χ3n) is 6.14. The summed E-state index contributed by atoms with van der Waals surface area (Å²) in [5.41, 5.74) is 4.70. The van der Waals surface area contributed by atoms with E-state index in [1.54, 1.807) is 18.7 Å². The van der Waals surface area contributed by atoms with Crippen LogP contribution in [0.4, 0.5) is 5.69 Å². The molecule has 4 rings (SSSR count). The first-order valence-corrected chi connectivity index (χ1v) is 11.2. The fourth-order valence-electron chi connectivity index (χ4n) is 4.38. The molecule has 0 saturated carbocycles. The van der Waals surface area contributed by atoms with Crippen LogP contribution >= 0.6 is 0 Å². The minimum Gasteiger partial charge on any atom is -0.372 e. The van der Waals surface area contributed by atoms with Crippen LogP contribution in [0.25, 0.3) is 5.69 Å². The van der Waals surface area contributed by atoms with Gasteiger partial charge in [-0.2, -0.15) is 5.10 Å². The topological polar surface area (TPSA) is 58.4 Å². The first-order chi connectivity index (χ1) is 15.5. The molecule has 0 aliphatic carbocycles. The van der Waals surface area contributed by atoms with Crippen LogP contribution in [-0.2, 0) is 11.3 Å². The Morgan fingerprint density at radius 1 is 0.906 bits per heavy atom. The summed E-state index contributed by atoms with van der Waals surface area (Å²) in [5.74, 6) is -1.04. The van der Waals surface area contributed by atoms with E-state index in [0.717, 1.165) is 24.3 Å². The van der Waals surface area contributed by atoms with Gasteiger partial charge in [0.1, 0.15) is 0 Å². The summed E-state index contributed by atoms with van der Waals surface area (Å²) < 4.78 is 1.72. The van der Waals surface area contributed by atoms with Gasteiger partial charge in [0.15, 0.2) is 0 Å². The standard InChI is InChI=1S/C26H30N4O2/c1-19-24(20(2)30(27-19)23-10-6-4-7-11-23)25(31)26(32)28(3)18-21-12-14-22(15-13-21)29-16-8-5-9-17-29/h4,6-7,10-15H,5,8-9,16-18H2,1-3H3. The summed E-state index contributed by atoms with van der Waals surface area (Å²) >= 11 is 0. The molecule has 166 valence electrons. The highest BCUT2D eigenvalue weighted by Gasteiger charge is 2.27. The molecule has 32 heavy (non-hydrogen) atoms. The van der Waals surface area contributed by atoms with E-state index >= 15 is 0 Å². The molecule has 1 aliphatic rings. The normalized spacial score (nSPS) is 13.8. The van der Waals surface area contributed by atoms with E-state index in [-0.39, 0.29) is 0 Å². The molecule has 2 aromatic carbocycles. The van der Waals surface area contributed by atoms with Crippen LogP contribution in [-0.4, -0.2) is 46.5 Å². The molecule has 1 fully saturated rings. The lowest BCUT2D eigenvalue weighted by molar-refractivity contribution is -0.125. The Morgan fingerprint density at radius 2 is 1.56 bits per heavy atom. The molecule has 0 bridgehead atoms. The molecule has 1 saturated heterocycles. The molecule has 0 unspecified atom stereocenters. The Morgan fingerprint density at radius 3 is 2.22 bits per heavy atom. The summed E-state index contributed by atoms with van der Waals surface area (Å²) in [6.45, 7) is 6.18. The van der Waals surface area contributed by atoms with Gasteiger partial charge in [-0.3, -0.25) is 9.59 Å². The second-order valence-corrected chi connectivity index (χ2v) is 8.50. The van der Waals surface area contributed by atoms with Crippen LogP contribution in [0.1, 0.15) is 46.6 Å². The number of hydrogen-bond donors (Lipinski definition) is 0. The third-order valence-corrected chi connectivity index (χ3v) is 6.14. The first-order valence-electron chi connectivity index (χ1n) is 11.2. The van der Waals surface area contributed by atoms with Crippen LogP contribution < -0.4 is 4.90 Å². The SMILES string of the molecule is Cc1nn(-c2ccccc2)c(C)c1C(=O)C(=O)N(C)Cc1ccc(N2CCCCC2)cc1. The minimum atomic E-state index is -0.524. The van der Waals surface area contributed by atoms with Crippen LogP contribution in [0.3, 0.4) is 0 Å². The number of nitrogens with zero attached hydrogens (tertiary/aromatic N) is 4. The molecule has 3 aromatic rings. The van der Waals surface area contributed by atoms with Crippen LogP contribution in [0.15, 0.2) is 54.6 Å². The number of benzene rings is 2. The summed E-state index contributed by atoms with van der Waals surface area (Å²) in [7, 11) is 1.67. The van der Waals surface area contributed by atoms with Crippen molar-refractivity contribution in [1.29, 1.82) is 0 Å². The molecule has 6 heteroatoms. The number of carbonyl (C=O) groups is 2. The van der Waals surface area contributed by atoms with Crippen molar-refractivity contribution in [1.82, 2.24) is 14.7 Å². The molecular weight excluding hydrogens is 400 g/mol. The summed E-state index contributed by atoms with van der Waals surface area (Å²) in [5, 5.41) is 4.50. The molecule has 6 nitrogen and oxygen atoms in total. The fraction of sp³-hybridized carbons (Fsp3) is 0.346. The van der Waals surface area contributed by atoms with Crippen LogP contribution in [0.5, 0.6) is 0 Å². The van der Waals surface area contributed by atoms with Gasteiger partial charge in [0.25, 0.3) is 11.7 Å². The van der Waals surface area contributed by atoms with Gasteiger partial charge in [-0.05, 0) is 62.9 Å². The van der Waals surface area contributed by atoms with E-state index in [0.29, 0.717) is 23.5 Å². The Labute approximate surface area is 189 Å². The van der Waals surface area contributed by atoms with Crippen molar-refractivity contribution >= 4 is 17.4 Å². The van der Waals surface area contributed by atoms with E-state index in [1.807, 2.05) is 49.4 Å². The Balaban J connectivity index is 1.46. The number of ketones is 1. The Bertz CT molecular complexity index is 1100. The minimum absolute atomic E-state index is 0.381. The maximum Gasteiger partial charge on any atom is 0.295 e. The molecule has 0 atom stereocenters. The number of rotatable bonds is 6. The predicted molar refractivity (Wildman–Crippen MR) is 126 cm³/mol. The van der Waals surface area contributed by atoms with E-state index in [2.05, 4.69) is 22.1 Å². The number of anilines is 1. The van der Waals surface area contributed by atoms with E-state index in [1.165, 1.54) is 29.8 Å². The number of hydrogen-bond acceptors (Lipinski definition) is 4. The Kier molecular flexibility index (Phi) is 6.40. The summed E-state index contributed by atoms with van der Waals surface area (Å²) in [6.07, 6.45) is 3.78. The highest BCUT2D eigenvalue weighted by atomic mass is 16.2. The largest absolute Gasteiger partial charge is 0.372 e. The maximum absolute atomic E-state index is 13.1. The van der Waals surface area contributed by atoms with Crippen molar-refractivity contribution < 1.29 is 9.59 Å². The van der Waals surface area contributed by atoms with Crippen molar-refractivity contribution in [3.8, 4) is 5.69 Å². The predicted octanol–water partition coefficient (Wildman–Crippen LogP) is 4.32. The van der Waals surface area contributed by atoms with Crippen molar-refractivity contribution in [2.75, 3.05) is 25.0 Å². The number of piperidine rings is 1. The first kappa shape index (κ1) is 21.8. The van der Waals surface area contributed by atoms with Gasteiger partial charge in [0, 0.05) is 32.4 Å². The number of aryl methyl sites for hydroxylation is 1. The monoisotopic (exact) mass is 430 g/mol. The van der Waals surface area contributed by atoms with Crippen molar-refractivity contribution in [2.24, 2.45) is 0 Å². The maximum atomic E-state index is 13.1. The van der Waals surface area contributed by atoms with Crippen molar-refractivity contribution in [2.45, 2.75) is 39.7 Å². The Hall–Kier alpha value is -3.41. The van der Waals surface area contributed by atoms with Gasteiger partial charge >= 0.3 is 0 Å². The second kappa shape index (κ2) is 9.39. The summed E-state index contributed by atoms with van der Waals surface area (Å²) in [4.78, 5) is 29.9. The third kappa shape index (κ3) is 4.44. The number of likely N-dealkylation sites (N-methyl/N-ethyl adjacent to an activating group) is 1. The molecule has 0 spiro atoms. The average molecular weight is 431 g/mol. The average Bonchev–Trinajstić information content (AvgIpc) is 3.13. The number of Topliss-reactive ketones (excluding diaryl/α,β-unsaturated/α-hetero) is 1. The van der Waals surface area contributed by atoms with Gasteiger partial charge in [0.2, 0.25) is 0 Å². The quantitative estimate of drug-likeness (QED) is 0.432. The lowest BCUT2D eigenvalue weighted by Crippen LogP contribution is -2.33. The number of carbonyl (C=O) groups excluding carboxylic acids is 2. The zero-order chi connectivity index (χ0) is 22.7. The highest BCUT2D eigenvalue weighted by molar-refractivity contribution is 6.43. The van der Waals surface area contributed by atoms with Crippen molar-refractivity contribution in [3.05, 3.63) is 77.1 Å². The lowest BCUT2D eigenvalue weighted by atomic mass is 10.1. The van der Waals surface area contributed by atoms with Gasteiger partial charge in [0.05, 0.1) is 22.6 Å². The smallest absolute Gasteiger partial charge is 0.295 e. The lowest BCUT2D eigenvalue weighted by Gasteiger charge is -2.29. The molecular formula is C26H30N4O2. The number of aromatic nitrogens is 2. The molecule has 0 N–H and O–H groups in total. The molecule has 0 radical (unpaired) electrons. The molecule has 1 aromatic heterocycles. The van der Waals surface area contributed by atoms with Gasteiger partial charge in [-0.25, -0.2) is 4.68 Å². The second-order valence-electron chi connectivity index (χ2n) is 8.50. The van der Waals surface area contributed by atoms with E-state index in [9.17, 15) is 9.59 Å². The van der Waals surface area contributed by atoms with E-state index < -0.39 is 11.7 Å². The van der Waals surface area contributed by atoms with Crippen LogP contribution in [0.2, 0.25) is 0 Å². The number of amides is 1. The zero-order valence-electron chi connectivity index (χ0n) is 19.0. The zero-order valence-corrected chi connectivity index (χ0v) is 19.0. The fourth-order valence-corrected chi connectivity index (χ4v) is 4.38. The highest BCUT2D eigenvalue weighted by Crippen LogP contribution is 2.22. The van der Waals surface area contributed by atoms with Gasteiger partial charge < -0.3 is 9.80 Å². The van der Waals surface area contributed by atoms with E-state index in [4.69, 9.17) is 0 Å². The summed E-state index contributed by atoms with van der Waals surface area (Å²) in [6, 6.07) is 17.9. The molecule has 1 aliphatic heterocycles. The number of para-hydroxylation sites is 1. The van der Waals surface area contributed by atoms with Gasteiger partial charge in [-0.15, -0.1) is 0 Å². The molecule has 1 amide bonds.